The highest BCUT2D eigenvalue weighted by atomic mass is 15.1. The van der Waals surface area contributed by atoms with Crippen LogP contribution in [0.5, 0.6) is 0 Å². The smallest absolute Gasteiger partial charge is 0.0540 e. The fraction of sp³-hybridized carbons (Fsp3) is 0.0526. The lowest BCUT2D eigenvalue weighted by atomic mass is 9.82. The molecule has 0 bridgehead atoms. The van der Waals surface area contributed by atoms with E-state index in [1.54, 1.807) is 0 Å². The molecule has 0 radical (unpaired) electrons. The average Bonchev–Trinajstić information content (AvgIpc) is 3.52. The number of benzene rings is 9. The van der Waals surface area contributed by atoms with Crippen LogP contribution in [0, 0.1) is 0 Å². The Balaban J connectivity index is 1.28. The molecule has 1 aliphatic rings. The number of hydrogen-bond acceptors (Lipinski definition) is 1. The first kappa shape index (κ1) is 34.1. The molecule has 0 fully saturated rings. The fourth-order valence-corrected chi connectivity index (χ4v) is 9.73. The van der Waals surface area contributed by atoms with Crippen LogP contribution in [-0.4, -0.2) is 0 Å². The Morgan fingerprint density at radius 3 is 1.26 bits per heavy atom. The summed E-state index contributed by atoms with van der Waals surface area (Å²) in [4.78, 5) is 2.48. The number of fused-ring (bicyclic) bond motifs is 13. The van der Waals surface area contributed by atoms with Gasteiger partial charge in [0.1, 0.15) is 0 Å². The van der Waals surface area contributed by atoms with Crippen LogP contribution in [0.15, 0.2) is 212 Å². The van der Waals surface area contributed by atoms with Gasteiger partial charge in [0.25, 0.3) is 0 Å². The van der Waals surface area contributed by atoms with Gasteiger partial charge in [0, 0.05) is 22.4 Å². The molecule has 0 amide bonds. The molecule has 0 atom stereocenters. The largest absolute Gasteiger partial charge is 0.310 e. The molecule has 274 valence electrons. The highest BCUT2D eigenvalue weighted by Gasteiger charge is 2.36. The summed E-state index contributed by atoms with van der Waals surface area (Å²) in [5, 5.41) is 12.2. The predicted octanol–water partition coefficient (Wildman–Crippen LogP) is 16.0. The van der Waals surface area contributed by atoms with Gasteiger partial charge in [-0.1, -0.05) is 196 Å². The minimum Gasteiger partial charge on any atom is -0.310 e. The zero-order valence-electron chi connectivity index (χ0n) is 32.7. The highest BCUT2D eigenvalue weighted by Crippen LogP contribution is 2.51. The highest BCUT2D eigenvalue weighted by molar-refractivity contribution is 6.26. The van der Waals surface area contributed by atoms with Crippen LogP contribution in [0.2, 0.25) is 0 Å². The first-order chi connectivity index (χ1) is 28.6. The Bertz CT molecular complexity index is 3240. The van der Waals surface area contributed by atoms with E-state index < -0.39 is 0 Å². The van der Waals surface area contributed by atoms with Gasteiger partial charge in [0.05, 0.1) is 5.69 Å². The van der Waals surface area contributed by atoms with E-state index in [1.807, 2.05) is 0 Å². The molecular weight excluding hydrogens is 699 g/mol. The van der Waals surface area contributed by atoms with E-state index in [2.05, 4.69) is 231 Å². The van der Waals surface area contributed by atoms with Crippen molar-refractivity contribution in [2.45, 2.75) is 19.3 Å². The van der Waals surface area contributed by atoms with Crippen molar-refractivity contribution >= 4 is 70.9 Å². The minimum atomic E-state index is -0.137. The van der Waals surface area contributed by atoms with E-state index in [0.717, 1.165) is 17.1 Å². The van der Waals surface area contributed by atoms with Gasteiger partial charge in [0.15, 0.2) is 0 Å². The van der Waals surface area contributed by atoms with E-state index in [0.29, 0.717) is 0 Å². The molecule has 0 unspecified atom stereocenters. The van der Waals surface area contributed by atoms with Gasteiger partial charge < -0.3 is 4.90 Å². The number of rotatable bonds is 4. The Morgan fingerprint density at radius 1 is 0.293 bits per heavy atom. The molecule has 0 heterocycles. The predicted molar refractivity (Wildman–Crippen MR) is 249 cm³/mol. The van der Waals surface area contributed by atoms with E-state index in [4.69, 9.17) is 0 Å². The third kappa shape index (κ3) is 5.31. The summed E-state index contributed by atoms with van der Waals surface area (Å²) < 4.78 is 0. The third-order valence-corrected chi connectivity index (χ3v) is 12.5. The van der Waals surface area contributed by atoms with Crippen molar-refractivity contribution in [2.75, 3.05) is 4.90 Å². The zero-order valence-corrected chi connectivity index (χ0v) is 32.7. The van der Waals surface area contributed by atoms with Gasteiger partial charge in [-0.3, -0.25) is 0 Å². The van der Waals surface area contributed by atoms with Crippen LogP contribution < -0.4 is 4.90 Å². The van der Waals surface area contributed by atoms with Gasteiger partial charge in [-0.05, 0) is 112 Å². The molecule has 1 aliphatic carbocycles. The van der Waals surface area contributed by atoms with Crippen molar-refractivity contribution in [1.29, 1.82) is 0 Å². The van der Waals surface area contributed by atoms with Crippen molar-refractivity contribution in [3.8, 4) is 22.3 Å². The summed E-state index contributed by atoms with van der Waals surface area (Å²) in [5.74, 6) is 0. The standard InChI is InChI=1S/C57H41N/c1-57(2)54-30-16-14-29-51(54)52-35-33-40(37-55(52)57)58(56-31-17-15-20-41(56)38-18-4-3-5-19-38)39-32-34-50-48-27-11-10-25-46(48)44-23-7-6-21-42(44)43-22-8-9-24-45(43)47-26-12-13-28-49(47)53(50)36-39/h3-37H,1-2H3. The second-order valence-electron chi connectivity index (χ2n) is 16.0. The lowest BCUT2D eigenvalue weighted by Gasteiger charge is -2.30. The number of anilines is 3. The normalized spacial score (nSPS) is 12.8. The monoisotopic (exact) mass is 739 g/mol. The molecule has 0 aromatic heterocycles. The minimum absolute atomic E-state index is 0.137. The van der Waals surface area contributed by atoms with Crippen molar-refractivity contribution in [2.24, 2.45) is 0 Å². The average molecular weight is 740 g/mol. The summed E-state index contributed by atoms with van der Waals surface area (Å²) in [6, 6.07) is 78.5. The maximum absolute atomic E-state index is 2.48. The van der Waals surface area contributed by atoms with Crippen LogP contribution in [0.4, 0.5) is 17.1 Å². The molecule has 10 aromatic rings. The van der Waals surface area contributed by atoms with E-state index in [9.17, 15) is 0 Å². The summed E-state index contributed by atoms with van der Waals surface area (Å²) >= 11 is 0. The van der Waals surface area contributed by atoms with E-state index >= 15 is 0 Å². The molecule has 0 saturated heterocycles. The van der Waals surface area contributed by atoms with Crippen molar-refractivity contribution in [3.05, 3.63) is 223 Å². The fourth-order valence-electron chi connectivity index (χ4n) is 9.73. The van der Waals surface area contributed by atoms with Crippen molar-refractivity contribution in [1.82, 2.24) is 0 Å². The van der Waals surface area contributed by atoms with Gasteiger partial charge in [-0.2, -0.15) is 0 Å². The molecule has 11 rings (SSSR count). The van der Waals surface area contributed by atoms with Crippen LogP contribution in [0.1, 0.15) is 25.0 Å². The Kier molecular flexibility index (Phi) is 7.91. The lowest BCUT2D eigenvalue weighted by Crippen LogP contribution is -2.16. The second kappa shape index (κ2) is 13.5. The van der Waals surface area contributed by atoms with Crippen LogP contribution in [-0.2, 0) is 5.41 Å². The summed E-state index contributed by atoms with van der Waals surface area (Å²) in [7, 11) is 0. The molecule has 1 nitrogen and oxygen atoms in total. The second-order valence-corrected chi connectivity index (χ2v) is 16.0. The Labute approximate surface area is 339 Å². The summed E-state index contributed by atoms with van der Waals surface area (Å²) in [6.07, 6.45) is 0. The number of para-hydroxylation sites is 1. The summed E-state index contributed by atoms with van der Waals surface area (Å²) in [6.45, 7) is 4.73. The van der Waals surface area contributed by atoms with E-state index in [1.165, 1.54) is 87.2 Å². The van der Waals surface area contributed by atoms with Crippen LogP contribution in [0.25, 0.3) is 76.1 Å². The third-order valence-electron chi connectivity index (χ3n) is 12.5. The molecule has 0 saturated carbocycles. The van der Waals surface area contributed by atoms with Gasteiger partial charge in [0.2, 0.25) is 0 Å². The SMILES string of the molecule is CC1(C)c2ccccc2-c2ccc(N(c3ccc4c5ccccc5c5ccccc5c5ccccc5c5ccccc5c4c3)c3ccccc3-c3ccccc3)cc21. The molecular formula is C57H41N. The topological polar surface area (TPSA) is 3.24 Å². The van der Waals surface area contributed by atoms with Gasteiger partial charge in [-0.15, -0.1) is 0 Å². The maximum Gasteiger partial charge on any atom is 0.0540 e. The Hall–Kier alpha value is -7.22. The molecule has 10 aromatic carbocycles. The van der Waals surface area contributed by atoms with Gasteiger partial charge in [-0.25, -0.2) is 0 Å². The lowest BCUT2D eigenvalue weighted by molar-refractivity contribution is 0.660. The molecule has 0 spiro atoms. The van der Waals surface area contributed by atoms with Gasteiger partial charge >= 0.3 is 0 Å². The first-order valence-electron chi connectivity index (χ1n) is 20.3. The zero-order chi connectivity index (χ0) is 38.8. The first-order valence-corrected chi connectivity index (χ1v) is 20.3. The summed E-state index contributed by atoms with van der Waals surface area (Å²) in [5.41, 5.74) is 11.0. The van der Waals surface area contributed by atoms with E-state index in [-0.39, 0.29) is 5.41 Å². The molecule has 0 N–H and O–H groups in total. The van der Waals surface area contributed by atoms with Crippen LogP contribution >= 0.6 is 0 Å². The molecule has 1 heteroatoms. The van der Waals surface area contributed by atoms with Crippen molar-refractivity contribution < 1.29 is 0 Å². The number of nitrogens with zero attached hydrogens (tertiary/aromatic N) is 1. The quantitative estimate of drug-likeness (QED) is 0.174. The Morgan fingerprint density at radius 2 is 0.690 bits per heavy atom. The molecule has 58 heavy (non-hydrogen) atoms. The maximum atomic E-state index is 2.48. The van der Waals surface area contributed by atoms with Crippen LogP contribution in [0.3, 0.4) is 0 Å². The molecule has 0 aliphatic heterocycles. The van der Waals surface area contributed by atoms with Crippen molar-refractivity contribution in [3.63, 3.8) is 0 Å². The number of hydrogen-bond donors (Lipinski definition) is 0.